The van der Waals surface area contributed by atoms with Gasteiger partial charge in [-0.05, 0) is 17.7 Å². The summed E-state index contributed by atoms with van der Waals surface area (Å²) in [7, 11) is 1.77. The monoisotopic (exact) mass is 318 g/mol. The molecule has 0 amide bonds. The van der Waals surface area contributed by atoms with Crippen molar-refractivity contribution < 1.29 is 13.2 Å². The minimum absolute atomic E-state index is 0.0686. The number of pyridine rings is 1. The van der Waals surface area contributed by atoms with Crippen LogP contribution in [0.3, 0.4) is 0 Å². The first-order chi connectivity index (χ1) is 10.9. The lowest BCUT2D eigenvalue weighted by Crippen LogP contribution is -2.12. The van der Waals surface area contributed by atoms with E-state index in [2.05, 4.69) is 15.3 Å². The van der Waals surface area contributed by atoms with Crippen LogP contribution in [0.25, 0.3) is 11.2 Å². The maximum atomic E-state index is 12.8. The number of halogens is 3. The number of fused-ring (bicyclic) bond motifs is 2. The number of hydrogen-bond donors (Lipinski definition) is 1. The SMILES string of the molecule is Cn1c(C2Cc3ccccc3N2)nc2cc(C(F)(F)F)cnc21. The highest BCUT2D eigenvalue weighted by Gasteiger charge is 2.32. The van der Waals surface area contributed by atoms with E-state index in [0.29, 0.717) is 11.5 Å². The number of aromatic nitrogens is 3. The lowest BCUT2D eigenvalue weighted by molar-refractivity contribution is -0.137. The Hall–Kier alpha value is -2.57. The summed E-state index contributed by atoms with van der Waals surface area (Å²) in [6.45, 7) is 0. The molecule has 2 aromatic heterocycles. The number of rotatable bonds is 1. The molecule has 4 rings (SSSR count). The van der Waals surface area contributed by atoms with Crippen molar-refractivity contribution in [1.82, 2.24) is 14.5 Å². The zero-order valence-electron chi connectivity index (χ0n) is 12.2. The molecule has 1 aromatic carbocycles. The summed E-state index contributed by atoms with van der Waals surface area (Å²) >= 11 is 0. The quantitative estimate of drug-likeness (QED) is 0.744. The van der Waals surface area contributed by atoms with Crippen molar-refractivity contribution in [2.24, 2.45) is 7.05 Å². The average Bonchev–Trinajstić information content (AvgIpc) is 3.07. The van der Waals surface area contributed by atoms with Gasteiger partial charge in [0.25, 0.3) is 0 Å². The van der Waals surface area contributed by atoms with Crippen LogP contribution >= 0.6 is 0 Å². The zero-order chi connectivity index (χ0) is 16.2. The van der Waals surface area contributed by atoms with Crippen LogP contribution < -0.4 is 5.32 Å². The molecular formula is C16H13F3N4. The van der Waals surface area contributed by atoms with Crippen LogP contribution in [0.5, 0.6) is 0 Å². The van der Waals surface area contributed by atoms with Crippen molar-refractivity contribution in [3.8, 4) is 0 Å². The summed E-state index contributed by atoms with van der Waals surface area (Å²) < 4.78 is 40.2. The van der Waals surface area contributed by atoms with Gasteiger partial charge in [-0.25, -0.2) is 9.97 Å². The molecule has 0 bridgehead atoms. The highest BCUT2D eigenvalue weighted by Crippen LogP contribution is 2.35. The Kier molecular flexibility index (Phi) is 2.88. The summed E-state index contributed by atoms with van der Waals surface area (Å²) in [5.74, 6) is 0.683. The number of nitrogens with zero attached hydrogens (tertiary/aromatic N) is 3. The summed E-state index contributed by atoms with van der Waals surface area (Å²) in [5.41, 5.74) is 2.14. The second kappa shape index (κ2) is 4.71. The molecule has 1 unspecified atom stereocenters. The molecule has 0 spiro atoms. The molecule has 0 radical (unpaired) electrons. The lowest BCUT2D eigenvalue weighted by Gasteiger charge is -2.10. The molecule has 3 heterocycles. The van der Waals surface area contributed by atoms with E-state index >= 15 is 0 Å². The third-order valence-corrected chi connectivity index (χ3v) is 4.15. The Bertz CT molecular complexity index is 873. The fourth-order valence-electron chi connectivity index (χ4n) is 3.01. The van der Waals surface area contributed by atoms with E-state index in [4.69, 9.17) is 0 Å². The minimum atomic E-state index is -4.42. The molecular weight excluding hydrogens is 305 g/mol. The van der Waals surface area contributed by atoms with Gasteiger partial charge in [-0.3, -0.25) is 0 Å². The predicted octanol–water partition coefficient (Wildman–Crippen LogP) is 3.70. The first-order valence-corrected chi connectivity index (χ1v) is 7.17. The standard InChI is InChI=1S/C16H13F3N4/c1-23-14-13(7-10(8-20-14)16(17,18)19)22-15(23)12-6-9-4-2-3-5-11(9)21-12/h2-5,7-8,12,21H,6H2,1H3. The Balaban J connectivity index is 1.76. The smallest absolute Gasteiger partial charge is 0.375 e. The van der Waals surface area contributed by atoms with Gasteiger partial charge < -0.3 is 9.88 Å². The molecule has 118 valence electrons. The summed E-state index contributed by atoms with van der Waals surface area (Å²) in [6, 6.07) is 8.91. The molecule has 4 nitrogen and oxygen atoms in total. The zero-order valence-corrected chi connectivity index (χ0v) is 12.2. The van der Waals surface area contributed by atoms with Crippen LogP contribution in [0.1, 0.15) is 23.0 Å². The van der Waals surface area contributed by atoms with Crippen LogP contribution in [0, 0.1) is 0 Å². The Morgan fingerprint density at radius 2 is 2.04 bits per heavy atom. The first kappa shape index (κ1) is 14.0. The average molecular weight is 318 g/mol. The van der Waals surface area contributed by atoms with Gasteiger partial charge in [0, 0.05) is 25.4 Å². The van der Waals surface area contributed by atoms with Crippen molar-refractivity contribution in [3.05, 3.63) is 53.5 Å². The first-order valence-electron chi connectivity index (χ1n) is 7.17. The minimum Gasteiger partial charge on any atom is -0.375 e. The lowest BCUT2D eigenvalue weighted by atomic mass is 10.1. The van der Waals surface area contributed by atoms with E-state index in [1.165, 1.54) is 5.56 Å². The molecule has 1 aliphatic rings. The molecule has 0 saturated carbocycles. The van der Waals surface area contributed by atoms with Crippen molar-refractivity contribution in [2.45, 2.75) is 18.6 Å². The number of imidazole rings is 1. The Labute approximate surface area is 130 Å². The number of nitrogens with one attached hydrogen (secondary N) is 1. The molecule has 1 aliphatic heterocycles. The number of anilines is 1. The van der Waals surface area contributed by atoms with E-state index < -0.39 is 11.7 Å². The van der Waals surface area contributed by atoms with Gasteiger partial charge in [-0.1, -0.05) is 18.2 Å². The highest BCUT2D eigenvalue weighted by molar-refractivity contribution is 5.73. The number of aryl methyl sites for hydroxylation is 1. The van der Waals surface area contributed by atoms with Crippen molar-refractivity contribution in [2.75, 3.05) is 5.32 Å². The Morgan fingerprint density at radius 3 is 2.78 bits per heavy atom. The maximum absolute atomic E-state index is 12.8. The van der Waals surface area contributed by atoms with E-state index in [1.54, 1.807) is 11.6 Å². The molecule has 0 saturated heterocycles. The summed E-state index contributed by atoms with van der Waals surface area (Å²) in [4.78, 5) is 8.33. The third kappa shape index (κ3) is 2.23. The Morgan fingerprint density at radius 1 is 1.26 bits per heavy atom. The van der Waals surface area contributed by atoms with Crippen LogP contribution in [-0.2, 0) is 19.6 Å². The predicted molar refractivity (Wildman–Crippen MR) is 80.0 cm³/mol. The van der Waals surface area contributed by atoms with Gasteiger partial charge in [0.05, 0.1) is 11.6 Å². The van der Waals surface area contributed by atoms with Gasteiger partial charge in [0.2, 0.25) is 0 Å². The van der Waals surface area contributed by atoms with E-state index in [0.717, 1.165) is 24.4 Å². The number of benzene rings is 1. The normalized spacial score (nSPS) is 17.3. The number of alkyl halides is 3. The van der Waals surface area contributed by atoms with E-state index in [9.17, 15) is 13.2 Å². The van der Waals surface area contributed by atoms with Crippen molar-refractivity contribution in [3.63, 3.8) is 0 Å². The maximum Gasteiger partial charge on any atom is 0.417 e. The third-order valence-electron chi connectivity index (χ3n) is 4.15. The van der Waals surface area contributed by atoms with E-state index in [1.807, 2.05) is 24.3 Å². The number of hydrogen-bond acceptors (Lipinski definition) is 3. The van der Waals surface area contributed by atoms with E-state index in [-0.39, 0.29) is 11.6 Å². The molecule has 23 heavy (non-hydrogen) atoms. The molecule has 0 aliphatic carbocycles. The fourth-order valence-corrected chi connectivity index (χ4v) is 3.01. The van der Waals surface area contributed by atoms with Crippen LogP contribution in [0.15, 0.2) is 36.5 Å². The number of para-hydroxylation sites is 1. The van der Waals surface area contributed by atoms with Gasteiger partial charge >= 0.3 is 6.18 Å². The van der Waals surface area contributed by atoms with Crippen LogP contribution in [0.2, 0.25) is 0 Å². The second-order valence-electron chi connectivity index (χ2n) is 5.65. The van der Waals surface area contributed by atoms with Gasteiger partial charge in [-0.15, -0.1) is 0 Å². The summed E-state index contributed by atoms with van der Waals surface area (Å²) in [6.07, 6.45) is -2.81. The molecule has 7 heteroatoms. The van der Waals surface area contributed by atoms with Crippen LogP contribution in [-0.4, -0.2) is 14.5 Å². The molecule has 0 fully saturated rings. The van der Waals surface area contributed by atoms with Crippen molar-refractivity contribution >= 4 is 16.9 Å². The van der Waals surface area contributed by atoms with Crippen LogP contribution in [0.4, 0.5) is 18.9 Å². The van der Waals surface area contributed by atoms with Gasteiger partial charge in [-0.2, -0.15) is 13.2 Å². The van der Waals surface area contributed by atoms with Crippen molar-refractivity contribution in [1.29, 1.82) is 0 Å². The second-order valence-corrected chi connectivity index (χ2v) is 5.65. The topological polar surface area (TPSA) is 42.7 Å². The van der Waals surface area contributed by atoms with Gasteiger partial charge in [0.1, 0.15) is 11.3 Å². The molecule has 3 aromatic rings. The highest BCUT2D eigenvalue weighted by atomic mass is 19.4. The largest absolute Gasteiger partial charge is 0.417 e. The summed E-state index contributed by atoms with van der Waals surface area (Å²) in [5, 5.41) is 3.36. The van der Waals surface area contributed by atoms with Gasteiger partial charge in [0.15, 0.2) is 5.65 Å². The molecule has 1 atom stereocenters. The fraction of sp³-hybridized carbons (Fsp3) is 0.250. The molecule has 1 N–H and O–H groups in total.